The molecule has 0 spiro atoms. The number of rotatable bonds is 7. The highest BCUT2D eigenvalue weighted by Gasteiger charge is 2.33. The van der Waals surface area contributed by atoms with Crippen LogP contribution in [0, 0.1) is 6.92 Å². The Morgan fingerprint density at radius 3 is 2.68 bits per heavy atom. The van der Waals surface area contributed by atoms with Crippen LogP contribution >= 0.6 is 11.6 Å². The number of nitrogens with one attached hydrogen (secondary N) is 1. The number of likely N-dealkylation sites (tertiary alicyclic amines) is 1. The second-order valence-corrected chi connectivity index (χ2v) is 9.64. The maximum Gasteiger partial charge on any atom is 0.417 e. The normalized spacial score (nSPS) is 21.2. The molecule has 37 heavy (non-hydrogen) atoms. The average molecular weight is 543 g/mol. The van der Waals surface area contributed by atoms with Gasteiger partial charge in [0, 0.05) is 44.5 Å². The van der Waals surface area contributed by atoms with E-state index in [2.05, 4.69) is 15.3 Å². The molecule has 2 atom stereocenters. The third-order valence-electron chi connectivity index (χ3n) is 6.79. The van der Waals surface area contributed by atoms with Crippen molar-refractivity contribution >= 4 is 17.5 Å². The molecule has 2 aliphatic rings. The average Bonchev–Trinajstić information content (AvgIpc) is 2.88. The number of hydrogen-bond acceptors (Lipinski definition) is 7. The van der Waals surface area contributed by atoms with Gasteiger partial charge in [0.1, 0.15) is 18.6 Å². The molecule has 0 saturated carbocycles. The van der Waals surface area contributed by atoms with E-state index in [1.54, 1.807) is 18.9 Å². The summed E-state index contributed by atoms with van der Waals surface area (Å²) in [5.41, 5.74) is 0.245. The molecule has 1 aromatic carbocycles. The highest BCUT2D eigenvalue weighted by molar-refractivity contribution is 6.31. The number of hydrogen-bond donors (Lipinski definition) is 1. The Balaban J connectivity index is 1.34. The number of piperidine rings is 1. The van der Waals surface area contributed by atoms with Crippen LogP contribution in [0.25, 0.3) is 0 Å². The molecule has 4 rings (SSSR count). The summed E-state index contributed by atoms with van der Waals surface area (Å²) in [5, 5.41) is 3.26. The number of nitrogens with zero attached hydrogens (tertiary/aromatic N) is 3. The van der Waals surface area contributed by atoms with Crippen molar-refractivity contribution in [1.29, 1.82) is 0 Å². The Labute approximate surface area is 218 Å². The molecule has 0 aliphatic carbocycles. The lowest BCUT2D eigenvalue weighted by Gasteiger charge is -2.38. The van der Waals surface area contributed by atoms with Gasteiger partial charge < -0.3 is 24.4 Å². The summed E-state index contributed by atoms with van der Waals surface area (Å²) < 4.78 is 55.5. The van der Waals surface area contributed by atoms with Gasteiger partial charge in [0.25, 0.3) is 5.91 Å². The number of benzene rings is 1. The van der Waals surface area contributed by atoms with Crippen LogP contribution in [0.1, 0.15) is 46.4 Å². The van der Waals surface area contributed by atoms with Gasteiger partial charge >= 0.3 is 6.18 Å². The Hall–Kier alpha value is -2.47. The van der Waals surface area contributed by atoms with Crippen molar-refractivity contribution < 1.29 is 32.2 Å². The summed E-state index contributed by atoms with van der Waals surface area (Å²) >= 11 is 5.79. The Morgan fingerprint density at radius 1 is 1.24 bits per heavy atom. The smallest absolute Gasteiger partial charge is 0.417 e. The molecule has 1 N–H and O–H groups in total. The minimum Gasteiger partial charge on any atom is -0.473 e. The summed E-state index contributed by atoms with van der Waals surface area (Å²) in [5.74, 6) is -0.0161. The highest BCUT2D eigenvalue weighted by Crippen LogP contribution is 2.35. The number of amides is 1. The summed E-state index contributed by atoms with van der Waals surface area (Å²) in [4.78, 5) is 23.3. The van der Waals surface area contributed by atoms with Gasteiger partial charge in [-0.25, -0.2) is 9.97 Å². The first-order valence-corrected chi connectivity index (χ1v) is 12.5. The van der Waals surface area contributed by atoms with Crippen molar-refractivity contribution in [2.24, 2.45) is 0 Å². The monoisotopic (exact) mass is 542 g/mol. The van der Waals surface area contributed by atoms with E-state index in [1.165, 1.54) is 18.5 Å². The van der Waals surface area contributed by atoms with Crippen LogP contribution in [-0.4, -0.2) is 72.4 Å². The maximum absolute atomic E-state index is 13.2. The molecule has 202 valence electrons. The van der Waals surface area contributed by atoms with E-state index in [4.69, 9.17) is 25.8 Å². The van der Waals surface area contributed by atoms with Gasteiger partial charge in [-0.2, -0.15) is 13.2 Å². The summed E-state index contributed by atoms with van der Waals surface area (Å²) in [6.45, 7) is 4.08. The molecular formula is C25H30ClF3N4O4. The first kappa shape index (κ1) is 27.6. The zero-order valence-corrected chi connectivity index (χ0v) is 21.4. The predicted molar refractivity (Wildman–Crippen MR) is 130 cm³/mol. The topological polar surface area (TPSA) is 85.8 Å². The van der Waals surface area contributed by atoms with Gasteiger partial charge in [0.05, 0.1) is 23.3 Å². The minimum atomic E-state index is -4.53. The zero-order chi connectivity index (χ0) is 26.6. The van der Waals surface area contributed by atoms with Crippen LogP contribution in [0.3, 0.4) is 0 Å². The molecule has 0 bridgehead atoms. The number of methoxy groups -OCH3 is 1. The second kappa shape index (κ2) is 11.9. The second-order valence-electron chi connectivity index (χ2n) is 9.23. The molecule has 3 heterocycles. The van der Waals surface area contributed by atoms with Crippen LogP contribution < -0.4 is 10.1 Å². The van der Waals surface area contributed by atoms with Crippen molar-refractivity contribution in [3.05, 3.63) is 51.9 Å². The third kappa shape index (κ3) is 6.70. The maximum atomic E-state index is 13.2. The van der Waals surface area contributed by atoms with Crippen LogP contribution in [0.15, 0.2) is 24.5 Å². The van der Waals surface area contributed by atoms with E-state index < -0.39 is 16.8 Å². The van der Waals surface area contributed by atoms with Crippen LogP contribution in [-0.2, 0) is 22.3 Å². The predicted octanol–water partition coefficient (Wildman–Crippen LogP) is 4.03. The standard InChI is InChI=1S/C25H30ClF3N4O4/c1-15-22(24(34)33-8-5-17(6-9-33)32-20-7-10-36-13-21(20)35-2)30-14-31-23(15)37-12-16-3-4-18(19(26)11-16)25(27,28)29/h3-4,11,14,17,20-21,32H,5-10,12-13H2,1-2H3. The van der Waals surface area contributed by atoms with Crippen LogP contribution in [0.5, 0.6) is 5.88 Å². The fourth-order valence-electron chi connectivity index (χ4n) is 4.66. The van der Waals surface area contributed by atoms with Crippen molar-refractivity contribution in [1.82, 2.24) is 20.2 Å². The highest BCUT2D eigenvalue weighted by atomic mass is 35.5. The van der Waals surface area contributed by atoms with E-state index in [0.29, 0.717) is 37.4 Å². The van der Waals surface area contributed by atoms with Crippen LogP contribution in [0.4, 0.5) is 13.2 Å². The van der Waals surface area contributed by atoms with Crippen molar-refractivity contribution in [2.75, 3.05) is 33.4 Å². The van der Waals surface area contributed by atoms with E-state index in [0.717, 1.165) is 25.3 Å². The molecule has 2 aromatic rings. The minimum absolute atomic E-state index is 0.0223. The molecule has 12 heteroatoms. The number of halogens is 4. The van der Waals surface area contributed by atoms with Gasteiger partial charge in [0.2, 0.25) is 5.88 Å². The SMILES string of the molecule is COC1COCCC1NC1CCN(C(=O)c2ncnc(OCc3ccc(C(F)(F)F)c(Cl)c3)c2C)CC1. The van der Waals surface area contributed by atoms with Crippen molar-refractivity contribution in [3.63, 3.8) is 0 Å². The molecule has 2 unspecified atom stereocenters. The van der Waals surface area contributed by atoms with E-state index in [1.807, 2.05) is 0 Å². The Morgan fingerprint density at radius 2 is 2.00 bits per heavy atom. The van der Waals surface area contributed by atoms with Gasteiger partial charge in [-0.15, -0.1) is 0 Å². The fourth-order valence-corrected chi connectivity index (χ4v) is 4.97. The van der Waals surface area contributed by atoms with Gasteiger partial charge in [-0.05, 0) is 43.9 Å². The number of carbonyl (C=O) groups excluding carboxylic acids is 1. The van der Waals surface area contributed by atoms with Crippen molar-refractivity contribution in [2.45, 2.75) is 57.2 Å². The van der Waals surface area contributed by atoms with Crippen molar-refractivity contribution in [3.8, 4) is 5.88 Å². The first-order chi connectivity index (χ1) is 17.7. The summed E-state index contributed by atoms with van der Waals surface area (Å²) in [7, 11) is 1.69. The number of aromatic nitrogens is 2. The number of ether oxygens (including phenoxy) is 3. The molecule has 8 nitrogen and oxygen atoms in total. The number of alkyl halides is 3. The van der Waals surface area contributed by atoms with Gasteiger partial charge in [-0.1, -0.05) is 17.7 Å². The summed E-state index contributed by atoms with van der Waals surface area (Å²) in [6.07, 6.45) is -0.756. The number of carbonyl (C=O) groups is 1. The molecule has 2 fully saturated rings. The van der Waals surface area contributed by atoms with E-state index >= 15 is 0 Å². The largest absolute Gasteiger partial charge is 0.473 e. The fraction of sp³-hybridized carbons (Fsp3) is 0.560. The van der Waals surface area contributed by atoms with Crippen LogP contribution in [0.2, 0.25) is 5.02 Å². The quantitative estimate of drug-likeness (QED) is 0.565. The molecule has 2 saturated heterocycles. The van der Waals surface area contributed by atoms with Gasteiger partial charge in [-0.3, -0.25) is 4.79 Å². The van der Waals surface area contributed by atoms with E-state index in [9.17, 15) is 18.0 Å². The molecule has 0 radical (unpaired) electrons. The van der Waals surface area contributed by atoms with E-state index in [-0.39, 0.29) is 42.3 Å². The zero-order valence-electron chi connectivity index (χ0n) is 20.7. The molecule has 1 aromatic heterocycles. The summed E-state index contributed by atoms with van der Waals surface area (Å²) in [6, 6.07) is 3.93. The van der Waals surface area contributed by atoms with Gasteiger partial charge in [0.15, 0.2) is 0 Å². The lowest BCUT2D eigenvalue weighted by atomic mass is 9.99. The molecular weight excluding hydrogens is 513 g/mol. The first-order valence-electron chi connectivity index (χ1n) is 12.1. The molecule has 1 amide bonds. The molecule has 2 aliphatic heterocycles. The lowest BCUT2D eigenvalue weighted by Crippen LogP contribution is -2.54. The third-order valence-corrected chi connectivity index (χ3v) is 7.11. The lowest BCUT2D eigenvalue weighted by molar-refractivity contribution is -0.137. The Kier molecular flexibility index (Phi) is 8.89. The Bertz CT molecular complexity index is 1100.